The Morgan fingerprint density at radius 2 is 1.70 bits per heavy atom. The normalized spacial score (nSPS) is 20.1. The van der Waals surface area contributed by atoms with Gasteiger partial charge in [0.15, 0.2) is 0 Å². The number of carbonyl (C=O) groups is 1. The predicted octanol–water partition coefficient (Wildman–Crippen LogP) is 3.23. The molecule has 1 aromatic heterocycles. The third-order valence-electron chi connectivity index (χ3n) is 4.90. The monoisotopic (exact) mass is 316 g/mol. The molecule has 23 heavy (non-hydrogen) atoms. The van der Waals surface area contributed by atoms with E-state index in [0.717, 1.165) is 37.6 Å². The molecule has 126 valence electrons. The van der Waals surface area contributed by atoms with Crippen LogP contribution in [0.4, 0.5) is 5.95 Å². The number of hydrogen-bond acceptors (Lipinski definition) is 4. The molecule has 1 saturated carbocycles. The summed E-state index contributed by atoms with van der Waals surface area (Å²) in [7, 11) is 0. The second kappa shape index (κ2) is 7.75. The van der Waals surface area contributed by atoms with E-state index in [1.54, 1.807) is 6.07 Å². The van der Waals surface area contributed by atoms with Gasteiger partial charge in [-0.2, -0.15) is 0 Å². The average molecular weight is 316 g/mol. The topological polar surface area (TPSA) is 58.1 Å². The number of aromatic nitrogens is 2. The minimum absolute atomic E-state index is 0.0431. The van der Waals surface area contributed by atoms with Crippen LogP contribution in [-0.2, 0) is 0 Å². The van der Waals surface area contributed by atoms with Crippen LogP contribution in [-0.4, -0.2) is 35.0 Å². The van der Waals surface area contributed by atoms with Crippen molar-refractivity contribution in [2.75, 3.05) is 18.0 Å². The number of nitrogens with zero attached hydrogens (tertiary/aromatic N) is 3. The number of amides is 1. The quantitative estimate of drug-likeness (QED) is 0.930. The smallest absolute Gasteiger partial charge is 0.270 e. The van der Waals surface area contributed by atoms with Crippen molar-refractivity contribution in [3.63, 3.8) is 0 Å². The van der Waals surface area contributed by atoms with Crippen LogP contribution in [0.5, 0.6) is 0 Å². The van der Waals surface area contributed by atoms with Crippen LogP contribution in [0.15, 0.2) is 6.07 Å². The summed E-state index contributed by atoms with van der Waals surface area (Å²) >= 11 is 0. The van der Waals surface area contributed by atoms with E-state index in [0.29, 0.717) is 11.7 Å². The molecule has 2 fully saturated rings. The molecule has 1 aromatic rings. The van der Waals surface area contributed by atoms with Crippen LogP contribution in [0.1, 0.15) is 74.0 Å². The standard InChI is InChI=1S/C18H28N4O/c1-14-13-16(17(23)20-15-9-5-4-6-10-15)21-18(19-14)22-11-7-2-3-8-12-22/h13,15H,2-12H2,1H3,(H,20,23). The maximum atomic E-state index is 12.5. The van der Waals surface area contributed by atoms with E-state index in [4.69, 9.17) is 0 Å². The summed E-state index contributed by atoms with van der Waals surface area (Å²) in [6.07, 6.45) is 10.8. The second-order valence-electron chi connectivity index (χ2n) is 6.90. The Hall–Kier alpha value is -1.65. The third kappa shape index (κ3) is 4.43. The van der Waals surface area contributed by atoms with E-state index >= 15 is 0 Å². The molecule has 5 heteroatoms. The van der Waals surface area contributed by atoms with Crippen LogP contribution < -0.4 is 10.2 Å². The van der Waals surface area contributed by atoms with Gasteiger partial charge in [0.2, 0.25) is 5.95 Å². The van der Waals surface area contributed by atoms with Crippen LogP contribution in [0.2, 0.25) is 0 Å². The number of anilines is 1. The van der Waals surface area contributed by atoms with E-state index in [2.05, 4.69) is 20.2 Å². The summed E-state index contributed by atoms with van der Waals surface area (Å²) in [6, 6.07) is 2.12. The highest BCUT2D eigenvalue weighted by molar-refractivity contribution is 5.92. The zero-order chi connectivity index (χ0) is 16.1. The number of carbonyl (C=O) groups excluding carboxylic acids is 1. The van der Waals surface area contributed by atoms with Gasteiger partial charge in [-0.3, -0.25) is 4.79 Å². The van der Waals surface area contributed by atoms with Gasteiger partial charge in [-0.05, 0) is 38.7 Å². The first-order valence-corrected chi connectivity index (χ1v) is 9.14. The van der Waals surface area contributed by atoms with Gasteiger partial charge in [0.25, 0.3) is 5.91 Å². The lowest BCUT2D eigenvalue weighted by Gasteiger charge is -2.23. The van der Waals surface area contributed by atoms with Crippen molar-refractivity contribution in [3.8, 4) is 0 Å². The van der Waals surface area contributed by atoms with Gasteiger partial charge in [-0.25, -0.2) is 9.97 Å². The van der Waals surface area contributed by atoms with Gasteiger partial charge in [-0.15, -0.1) is 0 Å². The summed E-state index contributed by atoms with van der Waals surface area (Å²) in [4.78, 5) is 23.9. The molecule has 0 atom stereocenters. The first-order chi connectivity index (χ1) is 11.2. The molecule has 2 heterocycles. The molecule has 1 N–H and O–H groups in total. The van der Waals surface area contributed by atoms with E-state index in [1.165, 1.54) is 44.9 Å². The van der Waals surface area contributed by atoms with Crippen molar-refractivity contribution < 1.29 is 4.79 Å². The van der Waals surface area contributed by atoms with E-state index in [-0.39, 0.29) is 5.91 Å². The van der Waals surface area contributed by atoms with Crippen LogP contribution in [0.3, 0.4) is 0 Å². The Morgan fingerprint density at radius 1 is 1.04 bits per heavy atom. The van der Waals surface area contributed by atoms with Gasteiger partial charge < -0.3 is 10.2 Å². The lowest BCUT2D eigenvalue weighted by atomic mass is 9.95. The molecule has 1 aliphatic heterocycles. The lowest BCUT2D eigenvalue weighted by Crippen LogP contribution is -2.37. The Morgan fingerprint density at radius 3 is 2.39 bits per heavy atom. The number of aryl methyl sites for hydroxylation is 1. The van der Waals surface area contributed by atoms with Crippen molar-refractivity contribution in [1.82, 2.24) is 15.3 Å². The summed E-state index contributed by atoms with van der Waals surface area (Å²) in [5, 5.41) is 3.16. The Kier molecular flexibility index (Phi) is 5.47. The third-order valence-corrected chi connectivity index (χ3v) is 4.90. The fraction of sp³-hybridized carbons (Fsp3) is 0.722. The molecule has 2 aliphatic rings. The molecule has 1 amide bonds. The molecule has 0 aromatic carbocycles. The molecule has 0 unspecified atom stereocenters. The molecular formula is C18H28N4O. The zero-order valence-corrected chi connectivity index (χ0v) is 14.2. The average Bonchev–Trinajstić information content (AvgIpc) is 2.84. The molecule has 0 radical (unpaired) electrons. The van der Waals surface area contributed by atoms with Crippen molar-refractivity contribution >= 4 is 11.9 Å². The summed E-state index contributed by atoms with van der Waals surface area (Å²) in [5.41, 5.74) is 1.38. The van der Waals surface area contributed by atoms with Crippen LogP contribution in [0, 0.1) is 6.92 Å². The molecule has 0 spiro atoms. The maximum absolute atomic E-state index is 12.5. The zero-order valence-electron chi connectivity index (χ0n) is 14.2. The van der Waals surface area contributed by atoms with E-state index < -0.39 is 0 Å². The molecular weight excluding hydrogens is 288 g/mol. The van der Waals surface area contributed by atoms with Gasteiger partial charge in [-0.1, -0.05) is 32.1 Å². The van der Waals surface area contributed by atoms with Crippen molar-refractivity contribution in [3.05, 3.63) is 17.5 Å². The number of hydrogen-bond donors (Lipinski definition) is 1. The van der Waals surface area contributed by atoms with Gasteiger partial charge in [0.1, 0.15) is 5.69 Å². The van der Waals surface area contributed by atoms with Crippen LogP contribution >= 0.6 is 0 Å². The summed E-state index contributed by atoms with van der Waals surface area (Å²) in [6.45, 7) is 3.93. The molecule has 3 rings (SSSR count). The second-order valence-corrected chi connectivity index (χ2v) is 6.90. The van der Waals surface area contributed by atoms with E-state index in [1.807, 2.05) is 6.92 Å². The minimum Gasteiger partial charge on any atom is -0.348 e. The van der Waals surface area contributed by atoms with Crippen molar-refractivity contribution in [2.24, 2.45) is 0 Å². The van der Waals surface area contributed by atoms with Crippen molar-refractivity contribution in [1.29, 1.82) is 0 Å². The summed E-state index contributed by atoms with van der Waals surface area (Å²) < 4.78 is 0. The first kappa shape index (κ1) is 16.2. The number of nitrogens with one attached hydrogen (secondary N) is 1. The Balaban J connectivity index is 1.72. The lowest BCUT2D eigenvalue weighted by molar-refractivity contribution is 0.0922. The minimum atomic E-state index is -0.0431. The highest BCUT2D eigenvalue weighted by Gasteiger charge is 2.20. The van der Waals surface area contributed by atoms with Gasteiger partial charge in [0, 0.05) is 24.8 Å². The van der Waals surface area contributed by atoms with Crippen LogP contribution in [0.25, 0.3) is 0 Å². The predicted molar refractivity (Wildman–Crippen MR) is 91.8 cm³/mol. The Bertz CT molecular complexity index is 532. The molecule has 5 nitrogen and oxygen atoms in total. The molecule has 0 bridgehead atoms. The SMILES string of the molecule is Cc1cc(C(=O)NC2CCCCC2)nc(N2CCCCCC2)n1. The highest BCUT2D eigenvalue weighted by Crippen LogP contribution is 2.19. The summed E-state index contributed by atoms with van der Waals surface area (Å²) in [5.74, 6) is 0.680. The van der Waals surface area contributed by atoms with Crippen molar-refractivity contribution in [2.45, 2.75) is 70.8 Å². The largest absolute Gasteiger partial charge is 0.348 e. The number of rotatable bonds is 3. The fourth-order valence-electron chi connectivity index (χ4n) is 3.59. The maximum Gasteiger partial charge on any atom is 0.270 e. The molecule has 1 saturated heterocycles. The Labute approximate surface area is 138 Å². The van der Waals surface area contributed by atoms with Gasteiger partial charge >= 0.3 is 0 Å². The highest BCUT2D eigenvalue weighted by atomic mass is 16.1. The fourth-order valence-corrected chi connectivity index (χ4v) is 3.59. The molecule has 1 aliphatic carbocycles. The first-order valence-electron chi connectivity index (χ1n) is 9.14. The van der Waals surface area contributed by atoms with Gasteiger partial charge in [0.05, 0.1) is 0 Å². The van der Waals surface area contributed by atoms with E-state index in [9.17, 15) is 4.79 Å².